The fourth-order valence-electron chi connectivity index (χ4n) is 2.19. The fraction of sp³-hybridized carbons (Fsp3) is 0.118. The van der Waals surface area contributed by atoms with Crippen LogP contribution in [0.2, 0.25) is 0 Å². The van der Waals surface area contributed by atoms with E-state index in [4.69, 9.17) is 4.42 Å². The minimum absolute atomic E-state index is 0.760. The van der Waals surface area contributed by atoms with Crippen molar-refractivity contribution in [1.82, 2.24) is 15.2 Å². The molecule has 1 N–H and O–H groups in total. The third kappa shape index (κ3) is 4.09. The number of hydrogen-bond acceptors (Lipinski definition) is 8. The number of nitrogens with zero attached hydrogens (tertiary/aromatic N) is 3. The molecule has 0 saturated carbocycles. The molecule has 0 unspecified atom stereocenters. The van der Waals surface area contributed by atoms with Gasteiger partial charge < -0.3 is 9.73 Å². The summed E-state index contributed by atoms with van der Waals surface area (Å²) in [6.45, 7) is 2.07. The first-order chi connectivity index (χ1) is 12.3. The van der Waals surface area contributed by atoms with Gasteiger partial charge in [0.15, 0.2) is 15.1 Å². The Morgan fingerprint density at radius 3 is 3.00 bits per heavy atom. The summed E-state index contributed by atoms with van der Waals surface area (Å²) in [6.07, 6.45) is 1.66. The summed E-state index contributed by atoms with van der Waals surface area (Å²) in [5.74, 6) is 1.57. The van der Waals surface area contributed by atoms with Crippen molar-refractivity contribution in [1.29, 1.82) is 0 Å². The van der Waals surface area contributed by atoms with E-state index in [1.165, 1.54) is 5.56 Å². The maximum absolute atomic E-state index is 5.38. The van der Waals surface area contributed by atoms with E-state index in [1.807, 2.05) is 24.3 Å². The van der Waals surface area contributed by atoms with Crippen LogP contribution in [-0.4, -0.2) is 15.2 Å². The van der Waals surface area contributed by atoms with E-state index in [0.717, 1.165) is 37.4 Å². The van der Waals surface area contributed by atoms with Crippen LogP contribution < -0.4 is 5.32 Å². The molecule has 0 radical (unpaired) electrons. The van der Waals surface area contributed by atoms with Gasteiger partial charge in [0.05, 0.1) is 12.0 Å². The van der Waals surface area contributed by atoms with Gasteiger partial charge in [0.1, 0.15) is 0 Å². The van der Waals surface area contributed by atoms with Gasteiger partial charge in [0.2, 0.25) is 5.13 Å². The average molecular weight is 387 g/mol. The van der Waals surface area contributed by atoms with Crippen LogP contribution in [0.3, 0.4) is 0 Å². The smallest absolute Gasteiger partial charge is 0.210 e. The van der Waals surface area contributed by atoms with E-state index in [-0.39, 0.29) is 0 Å². The molecule has 3 heterocycles. The van der Waals surface area contributed by atoms with Crippen LogP contribution >= 0.6 is 34.4 Å². The maximum Gasteiger partial charge on any atom is 0.210 e. The van der Waals surface area contributed by atoms with Crippen LogP contribution in [0.1, 0.15) is 11.3 Å². The highest BCUT2D eigenvalue weighted by Gasteiger charge is 2.10. The van der Waals surface area contributed by atoms with Gasteiger partial charge in [0.25, 0.3) is 0 Å². The summed E-state index contributed by atoms with van der Waals surface area (Å²) < 4.78 is 6.30. The molecule has 4 aromatic rings. The van der Waals surface area contributed by atoms with Crippen molar-refractivity contribution >= 4 is 45.3 Å². The summed E-state index contributed by atoms with van der Waals surface area (Å²) in [7, 11) is 0. The number of rotatable bonds is 6. The Hall–Kier alpha value is -2.16. The molecule has 0 atom stereocenters. The van der Waals surface area contributed by atoms with Crippen molar-refractivity contribution in [3.63, 3.8) is 0 Å². The van der Waals surface area contributed by atoms with Crippen LogP contribution in [0.15, 0.2) is 56.8 Å². The molecular weight excluding hydrogens is 372 g/mol. The van der Waals surface area contributed by atoms with Crippen LogP contribution in [0.4, 0.5) is 10.8 Å². The fourth-order valence-corrected chi connectivity index (χ4v) is 4.74. The molecule has 0 aliphatic rings. The normalized spacial score (nSPS) is 10.9. The van der Waals surface area contributed by atoms with Crippen molar-refractivity contribution in [2.45, 2.75) is 17.0 Å². The van der Waals surface area contributed by atoms with Gasteiger partial charge >= 0.3 is 0 Å². The average Bonchev–Trinajstić information content (AvgIpc) is 3.34. The third-order valence-corrected chi connectivity index (χ3v) is 6.21. The summed E-state index contributed by atoms with van der Waals surface area (Å²) in [5.41, 5.74) is 3.25. The number of anilines is 2. The molecule has 126 valence electrons. The number of hydrogen-bond donors (Lipinski definition) is 1. The zero-order valence-electron chi connectivity index (χ0n) is 13.3. The first kappa shape index (κ1) is 16.3. The molecule has 4 rings (SSSR count). The first-order valence-electron chi connectivity index (χ1n) is 7.54. The third-order valence-electron chi connectivity index (χ3n) is 3.30. The number of furan rings is 1. The van der Waals surface area contributed by atoms with Crippen LogP contribution in [0.25, 0.3) is 10.8 Å². The second kappa shape index (κ2) is 7.38. The van der Waals surface area contributed by atoms with Gasteiger partial charge in [-0.15, -0.1) is 21.5 Å². The highest BCUT2D eigenvalue weighted by molar-refractivity contribution is 8.00. The van der Waals surface area contributed by atoms with Gasteiger partial charge in [-0.1, -0.05) is 35.2 Å². The quantitative estimate of drug-likeness (QED) is 0.435. The Morgan fingerprint density at radius 2 is 2.16 bits per heavy atom. The summed E-state index contributed by atoms with van der Waals surface area (Å²) >= 11 is 4.77. The van der Waals surface area contributed by atoms with E-state index >= 15 is 0 Å². The van der Waals surface area contributed by atoms with Crippen molar-refractivity contribution in [2.24, 2.45) is 0 Å². The van der Waals surface area contributed by atoms with Gasteiger partial charge in [-0.3, -0.25) is 0 Å². The van der Waals surface area contributed by atoms with Crippen LogP contribution in [0.5, 0.6) is 0 Å². The molecule has 0 spiro atoms. The molecule has 0 aliphatic carbocycles. The minimum Gasteiger partial charge on any atom is -0.462 e. The summed E-state index contributed by atoms with van der Waals surface area (Å²) in [4.78, 5) is 4.60. The SMILES string of the molecule is Cc1cccc(Nc2nnc(SCc3csc(-c4ccco4)n3)s2)c1. The highest BCUT2D eigenvalue weighted by atomic mass is 32.2. The number of thiazole rings is 1. The predicted molar refractivity (Wildman–Crippen MR) is 104 cm³/mol. The number of aromatic nitrogens is 3. The molecule has 3 aromatic heterocycles. The molecule has 5 nitrogen and oxygen atoms in total. The molecule has 0 aliphatic heterocycles. The van der Waals surface area contributed by atoms with E-state index in [2.05, 4.69) is 44.9 Å². The van der Waals surface area contributed by atoms with Crippen molar-refractivity contribution in [2.75, 3.05) is 5.32 Å². The summed E-state index contributed by atoms with van der Waals surface area (Å²) in [5, 5.41) is 15.5. The minimum atomic E-state index is 0.760. The first-order valence-corrected chi connectivity index (χ1v) is 10.2. The predicted octanol–water partition coefficient (Wildman–Crippen LogP) is 5.60. The number of nitrogens with one attached hydrogen (secondary N) is 1. The Balaban J connectivity index is 1.37. The monoisotopic (exact) mass is 386 g/mol. The highest BCUT2D eigenvalue weighted by Crippen LogP contribution is 2.31. The van der Waals surface area contributed by atoms with Crippen molar-refractivity contribution < 1.29 is 4.42 Å². The van der Waals surface area contributed by atoms with E-state index < -0.39 is 0 Å². The zero-order valence-corrected chi connectivity index (χ0v) is 15.8. The molecule has 0 saturated heterocycles. The van der Waals surface area contributed by atoms with E-state index in [0.29, 0.717) is 0 Å². The van der Waals surface area contributed by atoms with Gasteiger partial charge in [-0.25, -0.2) is 4.98 Å². The Kier molecular flexibility index (Phi) is 4.82. The zero-order chi connectivity index (χ0) is 17.1. The van der Waals surface area contributed by atoms with E-state index in [1.54, 1.807) is 40.7 Å². The molecule has 0 amide bonds. The molecule has 8 heteroatoms. The lowest BCUT2D eigenvalue weighted by Crippen LogP contribution is -1.89. The van der Waals surface area contributed by atoms with Crippen molar-refractivity contribution in [3.8, 4) is 10.8 Å². The van der Waals surface area contributed by atoms with Gasteiger partial charge in [-0.05, 0) is 36.8 Å². The lowest BCUT2D eigenvalue weighted by atomic mass is 10.2. The topological polar surface area (TPSA) is 63.8 Å². The Bertz CT molecular complexity index is 962. The van der Waals surface area contributed by atoms with Crippen LogP contribution in [-0.2, 0) is 5.75 Å². The molecule has 25 heavy (non-hydrogen) atoms. The number of thioether (sulfide) groups is 1. The lowest BCUT2D eigenvalue weighted by molar-refractivity contribution is 0.581. The number of aryl methyl sites for hydroxylation is 1. The van der Waals surface area contributed by atoms with Gasteiger partial charge in [-0.2, -0.15) is 0 Å². The number of benzene rings is 1. The largest absolute Gasteiger partial charge is 0.462 e. The van der Waals surface area contributed by atoms with Crippen LogP contribution in [0, 0.1) is 6.92 Å². The second-order valence-electron chi connectivity index (χ2n) is 5.28. The standard InChI is InChI=1S/C17H14N4OS3/c1-11-4-2-5-12(8-11)19-16-20-21-17(25-16)24-10-13-9-23-15(18-13)14-6-3-7-22-14/h2-9H,10H2,1H3,(H,19,20). The maximum atomic E-state index is 5.38. The summed E-state index contributed by atoms with van der Waals surface area (Å²) in [6, 6.07) is 12.0. The Labute approximate surface area is 157 Å². The molecule has 0 bridgehead atoms. The van der Waals surface area contributed by atoms with E-state index in [9.17, 15) is 0 Å². The second-order valence-corrected chi connectivity index (χ2v) is 8.34. The molecular formula is C17H14N4OS3. The van der Waals surface area contributed by atoms with Gasteiger partial charge in [0, 0.05) is 16.8 Å². The van der Waals surface area contributed by atoms with Crippen molar-refractivity contribution in [3.05, 3.63) is 59.3 Å². The molecule has 1 aromatic carbocycles. The Morgan fingerprint density at radius 1 is 1.20 bits per heavy atom. The molecule has 0 fully saturated rings. The lowest BCUT2D eigenvalue weighted by Gasteiger charge is -2.01.